The van der Waals surface area contributed by atoms with Gasteiger partial charge in [-0.3, -0.25) is 4.31 Å². The van der Waals surface area contributed by atoms with Crippen LogP contribution in [0.1, 0.15) is 31.0 Å². The van der Waals surface area contributed by atoms with Gasteiger partial charge in [-0.05, 0) is 71.6 Å². The summed E-state index contributed by atoms with van der Waals surface area (Å²) in [7, 11) is -4.36. The molecule has 214 valence electrons. The number of pyridine rings is 1. The molecule has 0 spiro atoms. The van der Waals surface area contributed by atoms with Crippen molar-refractivity contribution in [3.63, 3.8) is 0 Å². The molecule has 5 aromatic rings. The van der Waals surface area contributed by atoms with Crippen molar-refractivity contribution >= 4 is 39.0 Å². The van der Waals surface area contributed by atoms with E-state index in [9.17, 15) is 12.8 Å². The summed E-state index contributed by atoms with van der Waals surface area (Å²) >= 11 is 0. The first-order valence-electron chi connectivity index (χ1n) is 13.9. The number of hydrogen-bond donors (Lipinski definition) is 0. The molecule has 0 aliphatic heterocycles. The molecule has 0 saturated carbocycles. The predicted molar refractivity (Wildman–Crippen MR) is 176 cm³/mol. The van der Waals surface area contributed by atoms with E-state index in [1.165, 1.54) is 45.7 Å². The molecule has 0 bridgehead atoms. The van der Waals surface area contributed by atoms with Crippen LogP contribution in [-0.2, 0) is 16.2 Å². The van der Waals surface area contributed by atoms with E-state index < -0.39 is 17.3 Å². The van der Waals surface area contributed by atoms with E-state index in [-0.39, 0.29) is 11.7 Å². The van der Waals surface area contributed by atoms with Crippen LogP contribution in [0.4, 0.5) is 10.2 Å². The molecular weight excluding hydrogens is 562 g/mol. The lowest BCUT2D eigenvalue weighted by molar-refractivity contribution is 0.599. The van der Waals surface area contributed by atoms with Gasteiger partial charge in [0.25, 0.3) is 0 Å². The van der Waals surface area contributed by atoms with Crippen LogP contribution < -0.4 is 20.2 Å². The molecule has 0 amide bonds. The summed E-state index contributed by atoms with van der Waals surface area (Å²) in [5.41, 5.74) is 3.53. The van der Waals surface area contributed by atoms with Gasteiger partial charge in [-0.2, -0.15) is 0 Å². The van der Waals surface area contributed by atoms with Crippen LogP contribution in [0.25, 0.3) is 11.1 Å². The highest BCUT2D eigenvalue weighted by Crippen LogP contribution is 2.59. The fourth-order valence-electron chi connectivity index (χ4n) is 5.44. The first kappa shape index (κ1) is 29.6. The zero-order valence-electron chi connectivity index (χ0n) is 24.3. The van der Waals surface area contributed by atoms with Crippen LogP contribution in [0.15, 0.2) is 121 Å². The van der Waals surface area contributed by atoms with Crippen molar-refractivity contribution in [3.05, 3.63) is 138 Å². The summed E-state index contributed by atoms with van der Waals surface area (Å²) < 4.78 is 40.6. The third-order valence-electron chi connectivity index (χ3n) is 7.65. The first-order valence-corrected chi connectivity index (χ1v) is 17.7. The molecule has 0 unspecified atom stereocenters. The average molecular weight is 598 g/mol. The lowest BCUT2D eigenvalue weighted by Crippen LogP contribution is -2.33. The smallest absolute Gasteiger partial charge is 0.233 e. The third kappa shape index (κ3) is 5.88. The summed E-state index contributed by atoms with van der Waals surface area (Å²) in [6.45, 7) is 4.16. The van der Waals surface area contributed by atoms with E-state index in [1.54, 1.807) is 12.1 Å². The number of rotatable bonds is 9. The number of anilines is 1. The topological polar surface area (TPSA) is 50.3 Å². The van der Waals surface area contributed by atoms with Crippen LogP contribution in [0.5, 0.6) is 0 Å². The molecule has 0 aliphatic carbocycles. The van der Waals surface area contributed by atoms with Crippen LogP contribution >= 0.6 is 7.26 Å². The maximum atomic E-state index is 14.1. The molecule has 0 saturated heterocycles. The molecule has 0 atom stereocenters. The molecule has 7 heteroatoms. The highest BCUT2D eigenvalue weighted by molar-refractivity contribution is 7.95. The summed E-state index contributed by atoms with van der Waals surface area (Å²) in [4.78, 5) is 5.00. The number of sulfonamides is 1. The van der Waals surface area contributed by atoms with Gasteiger partial charge in [0.05, 0.1) is 11.9 Å². The molecule has 4 aromatic carbocycles. The average Bonchev–Trinajstić information content (AvgIpc) is 3.00. The van der Waals surface area contributed by atoms with E-state index in [2.05, 4.69) is 86.6 Å². The third-order valence-corrected chi connectivity index (χ3v) is 13.2. The van der Waals surface area contributed by atoms with E-state index in [0.29, 0.717) is 12.0 Å². The standard InChI is InChI=1S/C35H35FN2O2PS/c1-26(2)35-33(32(27-20-22-28(36)23-21-27)24-34(37-35)38(3)42(4,39)40)25-41(29-14-8-5-9-15-29,30-16-10-6-11-17-30)31-18-12-7-13-19-31/h5-24,26H,25H2,1-4H3/q+1. The maximum absolute atomic E-state index is 14.1. The van der Waals surface area contributed by atoms with Crippen molar-refractivity contribution in [1.29, 1.82) is 0 Å². The highest BCUT2D eigenvalue weighted by Gasteiger charge is 2.46. The Morgan fingerprint density at radius 1 is 0.762 bits per heavy atom. The maximum Gasteiger partial charge on any atom is 0.233 e. The molecule has 4 nitrogen and oxygen atoms in total. The van der Waals surface area contributed by atoms with Gasteiger partial charge in [-0.15, -0.1) is 0 Å². The van der Waals surface area contributed by atoms with Crippen molar-refractivity contribution in [2.45, 2.75) is 25.9 Å². The predicted octanol–water partition coefficient (Wildman–Crippen LogP) is 6.90. The summed E-state index contributed by atoms with van der Waals surface area (Å²) in [5, 5.41) is 3.71. The number of halogens is 1. The zero-order chi connectivity index (χ0) is 29.9. The van der Waals surface area contributed by atoms with Crippen molar-refractivity contribution < 1.29 is 12.8 Å². The second-order valence-corrected chi connectivity index (χ2v) is 16.3. The minimum atomic E-state index is -3.56. The van der Waals surface area contributed by atoms with E-state index in [1.807, 2.05) is 24.3 Å². The van der Waals surface area contributed by atoms with Gasteiger partial charge >= 0.3 is 0 Å². The summed E-state index contributed by atoms with van der Waals surface area (Å²) in [6.07, 6.45) is 1.83. The quantitative estimate of drug-likeness (QED) is 0.174. The van der Waals surface area contributed by atoms with Crippen molar-refractivity contribution in [2.24, 2.45) is 0 Å². The molecule has 0 aliphatic rings. The summed E-state index contributed by atoms with van der Waals surface area (Å²) in [6, 6.07) is 40.1. The largest absolute Gasteiger partial charge is 0.257 e. The van der Waals surface area contributed by atoms with Gasteiger partial charge in [0, 0.05) is 12.6 Å². The second kappa shape index (κ2) is 12.2. The molecule has 0 N–H and O–H groups in total. The Morgan fingerprint density at radius 3 is 1.62 bits per heavy atom. The Hall–Kier alpha value is -3.86. The molecule has 0 radical (unpaired) electrons. The number of nitrogens with zero attached hydrogens (tertiary/aromatic N) is 2. The fourth-order valence-corrected chi connectivity index (χ4v) is 10.2. The number of benzene rings is 4. The van der Waals surface area contributed by atoms with Gasteiger partial charge in [-0.25, -0.2) is 17.8 Å². The van der Waals surface area contributed by atoms with Crippen molar-refractivity contribution in [2.75, 3.05) is 17.6 Å². The van der Waals surface area contributed by atoms with Gasteiger partial charge in [-0.1, -0.05) is 80.6 Å². The van der Waals surface area contributed by atoms with Gasteiger partial charge in [0.15, 0.2) is 0 Å². The molecule has 5 rings (SSSR count). The minimum absolute atomic E-state index is 0.00340. The fraction of sp³-hybridized carbons (Fsp3) is 0.171. The van der Waals surface area contributed by atoms with Gasteiger partial charge in [0.2, 0.25) is 10.0 Å². The molecular formula is C35H35FN2O2PS+. The second-order valence-electron chi connectivity index (χ2n) is 10.8. The van der Waals surface area contributed by atoms with Crippen molar-refractivity contribution in [3.8, 4) is 11.1 Å². The van der Waals surface area contributed by atoms with Crippen molar-refractivity contribution in [1.82, 2.24) is 4.98 Å². The zero-order valence-corrected chi connectivity index (χ0v) is 26.0. The monoisotopic (exact) mass is 597 g/mol. The Kier molecular flexibility index (Phi) is 8.58. The minimum Gasteiger partial charge on any atom is -0.257 e. The van der Waals surface area contributed by atoms with Crippen LogP contribution in [0.3, 0.4) is 0 Å². The number of hydrogen-bond acceptors (Lipinski definition) is 3. The summed E-state index contributed by atoms with van der Waals surface area (Å²) in [5.74, 6) is 0.00953. The molecule has 0 fully saturated rings. The highest BCUT2D eigenvalue weighted by atomic mass is 32.2. The molecule has 1 heterocycles. The van der Waals surface area contributed by atoms with Crippen LogP contribution in [0, 0.1) is 5.82 Å². The van der Waals surface area contributed by atoms with E-state index >= 15 is 0 Å². The van der Waals surface area contributed by atoms with Gasteiger partial charge < -0.3 is 0 Å². The number of aromatic nitrogens is 1. The van der Waals surface area contributed by atoms with Crippen LogP contribution in [0.2, 0.25) is 0 Å². The lowest BCUT2D eigenvalue weighted by atomic mass is 9.95. The lowest BCUT2D eigenvalue weighted by Gasteiger charge is -2.30. The van der Waals surface area contributed by atoms with Gasteiger partial charge in [0.1, 0.15) is 41.0 Å². The Bertz CT molecular complexity index is 1670. The van der Waals surface area contributed by atoms with E-state index in [4.69, 9.17) is 4.98 Å². The van der Waals surface area contributed by atoms with E-state index in [0.717, 1.165) is 22.4 Å². The molecule has 42 heavy (non-hydrogen) atoms. The first-order chi connectivity index (χ1) is 20.1. The normalized spacial score (nSPS) is 12.0. The SMILES string of the molecule is CC(C)c1nc(N(C)S(C)(=O)=O)cc(-c2ccc(F)cc2)c1C[P+](c1ccccc1)(c1ccccc1)c1ccccc1. The Morgan fingerprint density at radius 2 is 1.21 bits per heavy atom. The Balaban J connectivity index is 1.89. The molecule has 1 aromatic heterocycles. The van der Waals surface area contributed by atoms with Crippen LogP contribution in [-0.4, -0.2) is 26.7 Å². The Labute approximate surface area is 249 Å².